The zero-order valence-electron chi connectivity index (χ0n) is 11.8. The third-order valence-corrected chi connectivity index (χ3v) is 2.82. The lowest BCUT2D eigenvalue weighted by Gasteiger charge is -2.17. The topological polar surface area (TPSA) is 55.1 Å². The van der Waals surface area contributed by atoms with Crippen LogP contribution >= 0.6 is 0 Å². The van der Waals surface area contributed by atoms with Gasteiger partial charge in [-0.1, -0.05) is 32.9 Å². The van der Waals surface area contributed by atoms with Crippen LogP contribution in [-0.2, 0) is 4.79 Å². The molecule has 0 fully saturated rings. The van der Waals surface area contributed by atoms with Crippen molar-refractivity contribution in [2.45, 2.75) is 46.6 Å². The highest BCUT2D eigenvalue weighted by Gasteiger charge is 2.12. The van der Waals surface area contributed by atoms with Crippen LogP contribution in [0, 0.1) is 5.41 Å². The van der Waals surface area contributed by atoms with E-state index in [1.54, 1.807) is 0 Å². The highest BCUT2D eigenvalue weighted by atomic mass is 16.1. The van der Waals surface area contributed by atoms with Gasteiger partial charge in [0.1, 0.15) is 0 Å². The molecule has 0 aliphatic carbocycles. The summed E-state index contributed by atoms with van der Waals surface area (Å²) in [5.41, 5.74) is 7.87. The Morgan fingerprint density at radius 3 is 2.28 bits per heavy atom. The number of benzene rings is 1. The standard InChI is InChI=1S/C15H24N2O/c1-11(16)12-5-7-13(8-6-12)17-14(18)9-10-15(2,3)4/h5-8,11H,9-10,16H2,1-4H3,(H,17,18). The van der Waals surface area contributed by atoms with Crippen LogP contribution in [-0.4, -0.2) is 5.91 Å². The summed E-state index contributed by atoms with van der Waals surface area (Å²) >= 11 is 0. The molecule has 0 heterocycles. The molecule has 3 heteroatoms. The second-order valence-electron chi connectivity index (χ2n) is 6.02. The molecular weight excluding hydrogens is 224 g/mol. The molecule has 0 aliphatic heterocycles. The van der Waals surface area contributed by atoms with E-state index in [9.17, 15) is 4.79 Å². The van der Waals surface area contributed by atoms with Crippen molar-refractivity contribution in [3.8, 4) is 0 Å². The number of rotatable bonds is 4. The minimum Gasteiger partial charge on any atom is -0.326 e. The molecule has 3 N–H and O–H groups in total. The lowest BCUT2D eigenvalue weighted by atomic mass is 9.90. The SMILES string of the molecule is CC(N)c1ccc(NC(=O)CCC(C)(C)C)cc1. The number of nitrogens with two attached hydrogens (primary N) is 1. The van der Waals surface area contributed by atoms with Crippen molar-refractivity contribution in [3.05, 3.63) is 29.8 Å². The summed E-state index contributed by atoms with van der Waals surface area (Å²) in [5.74, 6) is 0.0680. The third-order valence-electron chi connectivity index (χ3n) is 2.82. The van der Waals surface area contributed by atoms with Crippen molar-refractivity contribution < 1.29 is 4.79 Å². The molecule has 0 saturated heterocycles. The Morgan fingerprint density at radius 1 is 1.28 bits per heavy atom. The van der Waals surface area contributed by atoms with Gasteiger partial charge in [-0.25, -0.2) is 0 Å². The van der Waals surface area contributed by atoms with Gasteiger partial charge in [-0.15, -0.1) is 0 Å². The maximum Gasteiger partial charge on any atom is 0.224 e. The van der Waals surface area contributed by atoms with E-state index in [1.165, 1.54) is 0 Å². The Hall–Kier alpha value is -1.35. The van der Waals surface area contributed by atoms with Gasteiger partial charge in [0, 0.05) is 18.2 Å². The number of carbonyl (C=O) groups is 1. The van der Waals surface area contributed by atoms with E-state index >= 15 is 0 Å². The molecule has 18 heavy (non-hydrogen) atoms. The number of hydrogen-bond acceptors (Lipinski definition) is 2. The Bertz CT molecular complexity index is 388. The molecule has 1 aromatic carbocycles. The second-order valence-corrected chi connectivity index (χ2v) is 6.02. The fourth-order valence-corrected chi connectivity index (χ4v) is 1.58. The summed E-state index contributed by atoms with van der Waals surface area (Å²) in [6.45, 7) is 8.35. The van der Waals surface area contributed by atoms with Crippen LogP contribution in [0.25, 0.3) is 0 Å². The summed E-state index contributed by atoms with van der Waals surface area (Å²) < 4.78 is 0. The first-order valence-electron chi connectivity index (χ1n) is 6.43. The van der Waals surface area contributed by atoms with Crippen LogP contribution in [0.1, 0.15) is 52.1 Å². The number of anilines is 1. The lowest BCUT2D eigenvalue weighted by Crippen LogP contribution is -2.15. The fourth-order valence-electron chi connectivity index (χ4n) is 1.58. The molecule has 0 bridgehead atoms. The largest absolute Gasteiger partial charge is 0.326 e. The normalized spacial score (nSPS) is 13.2. The molecule has 0 radical (unpaired) electrons. The van der Waals surface area contributed by atoms with E-state index in [0.717, 1.165) is 17.7 Å². The molecule has 1 amide bonds. The van der Waals surface area contributed by atoms with Gasteiger partial charge in [-0.3, -0.25) is 4.79 Å². The van der Waals surface area contributed by atoms with Crippen molar-refractivity contribution in [2.75, 3.05) is 5.32 Å². The van der Waals surface area contributed by atoms with Crippen LogP contribution in [0.5, 0.6) is 0 Å². The summed E-state index contributed by atoms with van der Waals surface area (Å²) in [6.07, 6.45) is 1.44. The van der Waals surface area contributed by atoms with Crippen molar-refractivity contribution >= 4 is 11.6 Å². The predicted molar refractivity (Wildman–Crippen MR) is 76.4 cm³/mol. The average Bonchev–Trinajstić information content (AvgIpc) is 2.26. The molecule has 0 saturated carbocycles. The van der Waals surface area contributed by atoms with Gasteiger partial charge < -0.3 is 11.1 Å². The molecule has 3 nitrogen and oxygen atoms in total. The summed E-state index contributed by atoms with van der Waals surface area (Å²) in [6, 6.07) is 7.71. The van der Waals surface area contributed by atoms with Crippen molar-refractivity contribution in [2.24, 2.45) is 11.1 Å². The van der Waals surface area contributed by atoms with Gasteiger partial charge in [-0.05, 0) is 36.5 Å². The maximum absolute atomic E-state index is 11.7. The molecule has 0 aliphatic rings. The molecular formula is C15H24N2O. The molecule has 0 aromatic heterocycles. The van der Waals surface area contributed by atoms with Gasteiger partial charge in [0.2, 0.25) is 5.91 Å². The Labute approximate surface area is 110 Å². The average molecular weight is 248 g/mol. The van der Waals surface area contributed by atoms with E-state index in [-0.39, 0.29) is 17.4 Å². The van der Waals surface area contributed by atoms with Gasteiger partial charge >= 0.3 is 0 Å². The molecule has 100 valence electrons. The smallest absolute Gasteiger partial charge is 0.224 e. The fraction of sp³-hybridized carbons (Fsp3) is 0.533. The van der Waals surface area contributed by atoms with Crippen LogP contribution < -0.4 is 11.1 Å². The van der Waals surface area contributed by atoms with Gasteiger partial charge in [0.25, 0.3) is 0 Å². The van der Waals surface area contributed by atoms with Crippen LogP contribution in [0.15, 0.2) is 24.3 Å². The highest BCUT2D eigenvalue weighted by Crippen LogP contribution is 2.21. The summed E-state index contributed by atoms with van der Waals surface area (Å²) in [5, 5.41) is 2.90. The number of carbonyl (C=O) groups excluding carboxylic acids is 1. The van der Waals surface area contributed by atoms with Crippen LogP contribution in [0.3, 0.4) is 0 Å². The Kier molecular flexibility index (Phi) is 4.91. The maximum atomic E-state index is 11.7. The number of nitrogens with one attached hydrogen (secondary N) is 1. The first-order valence-corrected chi connectivity index (χ1v) is 6.43. The predicted octanol–water partition coefficient (Wildman–Crippen LogP) is 3.47. The second kappa shape index (κ2) is 6.01. The Morgan fingerprint density at radius 2 is 1.83 bits per heavy atom. The van der Waals surface area contributed by atoms with Crippen molar-refractivity contribution in [1.29, 1.82) is 0 Å². The summed E-state index contributed by atoms with van der Waals surface area (Å²) in [7, 11) is 0. The lowest BCUT2D eigenvalue weighted by molar-refractivity contribution is -0.116. The first kappa shape index (κ1) is 14.7. The van der Waals surface area contributed by atoms with Gasteiger partial charge in [-0.2, -0.15) is 0 Å². The van der Waals surface area contributed by atoms with E-state index in [4.69, 9.17) is 5.73 Å². The Balaban J connectivity index is 2.50. The number of hydrogen-bond donors (Lipinski definition) is 2. The van der Waals surface area contributed by atoms with Gasteiger partial charge in [0.15, 0.2) is 0 Å². The van der Waals surface area contributed by atoms with E-state index < -0.39 is 0 Å². The minimum absolute atomic E-state index is 0.0237. The molecule has 1 atom stereocenters. The molecule has 1 aromatic rings. The monoisotopic (exact) mass is 248 g/mol. The summed E-state index contributed by atoms with van der Waals surface area (Å²) in [4.78, 5) is 11.7. The molecule has 1 rings (SSSR count). The van der Waals surface area contributed by atoms with E-state index in [0.29, 0.717) is 6.42 Å². The first-order chi connectivity index (χ1) is 8.28. The molecule has 0 spiro atoms. The zero-order valence-corrected chi connectivity index (χ0v) is 11.8. The van der Waals surface area contributed by atoms with Crippen molar-refractivity contribution in [1.82, 2.24) is 0 Å². The zero-order chi connectivity index (χ0) is 13.8. The van der Waals surface area contributed by atoms with Crippen LogP contribution in [0.2, 0.25) is 0 Å². The number of amides is 1. The minimum atomic E-state index is 0.0237. The van der Waals surface area contributed by atoms with Crippen LogP contribution in [0.4, 0.5) is 5.69 Å². The highest BCUT2D eigenvalue weighted by molar-refractivity contribution is 5.90. The quantitative estimate of drug-likeness (QED) is 0.857. The van der Waals surface area contributed by atoms with E-state index in [2.05, 4.69) is 26.1 Å². The third kappa shape index (κ3) is 5.32. The van der Waals surface area contributed by atoms with Gasteiger partial charge in [0.05, 0.1) is 0 Å². The van der Waals surface area contributed by atoms with E-state index in [1.807, 2.05) is 31.2 Å². The van der Waals surface area contributed by atoms with Crippen molar-refractivity contribution in [3.63, 3.8) is 0 Å². The molecule has 1 unspecified atom stereocenters.